The highest BCUT2D eigenvalue weighted by molar-refractivity contribution is 6.30. The average Bonchev–Trinajstić information content (AvgIpc) is 3.41. The van der Waals surface area contributed by atoms with Gasteiger partial charge in [0.25, 0.3) is 0 Å². The molecule has 2 fully saturated rings. The molecule has 0 radical (unpaired) electrons. The van der Waals surface area contributed by atoms with Crippen LogP contribution in [0.5, 0.6) is 0 Å². The highest BCUT2D eigenvalue weighted by Gasteiger charge is 2.63. The number of hydrogen-bond donors (Lipinski definition) is 0. The highest BCUT2D eigenvalue weighted by Crippen LogP contribution is 2.47. The van der Waals surface area contributed by atoms with Crippen molar-refractivity contribution in [2.45, 2.75) is 19.0 Å². The van der Waals surface area contributed by atoms with Crippen LogP contribution in [0.1, 0.15) is 26.3 Å². The third-order valence-corrected chi connectivity index (χ3v) is 7.79. The molecule has 0 N–H and O–H groups in total. The molecule has 0 unspecified atom stereocenters. The summed E-state index contributed by atoms with van der Waals surface area (Å²) >= 11 is 6.03. The zero-order chi connectivity index (χ0) is 26.6. The topological polar surface area (TPSA) is 74.8 Å². The maximum absolute atomic E-state index is 13.9. The van der Waals surface area contributed by atoms with E-state index in [1.807, 2.05) is 25.1 Å². The van der Waals surface area contributed by atoms with Gasteiger partial charge < -0.3 is 4.90 Å². The van der Waals surface area contributed by atoms with Gasteiger partial charge in [0.05, 0.1) is 23.6 Å². The number of nitrogens with zero attached hydrogens (tertiary/aromatic N) is 2. The molecule has 7 heteroatoms. The fourth-order valence-corrected chi connectivity index (χ4v) is 5.81. The van der Waals surface area contributed by atoms with Crippen molar-refractivity contribution in [1.29, 1.82) is 0 Å². The van der Waals surface area contributed by atoms with E-state index in [0.29, 0.717) is 27.4 Å². The van der Waals surface area contributed by atoms with Crippen LogP contribution in [0.3, 0.4) is 0 Å². The first-order chi connectivity index (χ1) is 18.3. The minimum atomic E-state index is -0.904. The van der Waals surface area contributed by atoms with Crippen LogP contribution in [0.15, 0.2) is 103 Å². The SMILES string of the molecule is Cc1ccc(N2C(=O)[C@@H]3[C@@H](C2=O)[C@@H]2C=C(C(=O)c4ccccc4)C=CN2[C@@H]3C(=O)c2ccc(Cl)cc2)cc1. The van der Waals surface area contributed by atoms with Crippen LogP contribution >= 0.6 is 11.6 Å². The van der Waals surface area contributed by atoms with Crippen molar-refractivity contribution in [1.82, 2.24) is 4.90 Å². The number of rotatable bonds is 5. The van der Waals surface area contributed by atoms with Gasteiger partial charge in [-0.3, -0.25) is 19.2 Å². The number of anilines is 1. The fourth-order valence-electron chi connectivity index (χ4n) is 5.69. The van der Waals surface area contributed by atoms with Crippen LogP contribution in [0.2, 0.25) is 5.02 Å². The number of carbonyl (C=O) groups is 4. The molecule has 3 aromatic rings. The number of allylic oxidation sites excluding steroid dienone is 2. The Kier molecular flexibility index (Phi) is 5.84. The van der Waals surface area contributed by atoms with Crippen molar-refractivity contribution in [3.05, 3.63) is 125 Å². The maximum Gasteiger partial charge on any atom is 0.240 e. The van der Waals surface area contributed by atoms with Crippen molar-refractivity contribution >= 4 is 40.7 Å². The number of Topliss-reactive ketones (excluding diaryl/α,β-unsaturated/α-hetero) is 2. The van der Waals surface area contributed by atoms with Crippen molar-refractivity contribution in [2.75, 3.05) is 4.90 Å². The molecule has 2 amide bonds. The lowest BCUT2D eigenvalue weighted by Gasteiger charge is -2.32. The zero-order valence-electron chi connectivity index (χ0n) is 20.5. The summed E-state index contributed by atoms with van der Waals surface area (Å²) in [4.78, 5) is 57.7. The minimum Gasteiger partial charge on any atom is -0.359 e. The van der Waals surface area contributed by atoms with Crippen LogP contribution in [-0.2, 0) is 9.59 Å². The molecule has 3 heterocycles. The van der Waals surface area contributed by atoms with E-state index in [1.165, 1.54) is 4.90 Å². The second kappa shape index (κ2) is 9.23. The van der Waals surface area contributed by atoms with Crippen molar-refractivity contribution in [3.8, 4) is 0 Å². The first-order valence-corrected chi connectivity index (χ1v) is 12.7. The van der Waals surface area contributed by atoms with Gasteiger partial charge in [-0.1, -0.05) is 65.7 Å². The number of fused-ring (bicyclic) bond motifs is 3. The lowest BCUT2D eigenvalue weighted by molar-refractivity contribution is -0.123. The van der Waals surface area contributed by atoms with E-state index in [0.717, 1.165) is 5.56 Å². The van der Waals surface area contributed by atoms with E-state index in [1.54, 1.807) is 83.9 Å². The van der Waals surface area contributed by atoms with Gasteiger partial charge in [0, 0.05) is 27.9 Å². The second-order valence-electron chi connectivity index (χ2n) is 9.79. The van der Waals surface area contributed by atoms with Gasteiger partial charge in [-0.05, 0) is 49.4 Å². The number of imide groups is 1. The molecule has 0 spiro atoms. The van der Waals surface area contributed by atoms with E-state index in [-0.39, 0.29) is 17.5 Å². The van der Waals surface area contributed by atoms with Crippen LogP contribution in [-0.4, -0.2) is 40.4 Å². The molecule has 188 valence electrons. The molecule has 0 aliphatic carbocycles. The van der Waals surface area contributed by atoms with Gasteiger partial charge in [0.1, 0.15) is 6.04 Å². The lowest BCUT2D eigenvalue weighted by Crippen LogP contribution is -2.46. The first kappa shape index (κ1) is 24.1. The van der Waals surface area contributed by atoms with E-state index in [9.17, 15) is 19.2 Å². The first-order valence-electron chi connectivity index (χ1n) is 12.4. The molecule has 0 bridgehead atoms. The van der Waals surface area contributed by atoms with Gasteiger partial charge in [-0.2, -0.15) is 0 Å². The van der Waals surface area contributed by atoms with Gasteiger partial charge in [-0.15, -0.1) is 0 Å². The van der Waals surface area contributed by atoms with E-state index < -0.39 is 29.8 Å². The Balaban J connectivity index is 1.43. The van der Waals surface area contributed by atoms with E-state index >= 15 is 0 Å². The second-order valence-corrected chi connectivity index (χ2v) is 10.2. The summed E-state index contributed by atoms with van der Waals surface area (Å²) in [5.41, 5.74) is 2.82. The molecule has 3 aliphatic rings. The van der Waals surface area contributed by atoms with Crippen molar-refractivity contribution < 1.29 is 19.2 Å². The van der Waals surface area contributed by atoms with Gasteiger partial charge in [0.2, 0.25) is 11.8 Å². The van der Waals surface area contributed by atoms with Gasteiger partial charge in [0.15, 0.2) is 11.6 Å². The molecule has 6 nitrogen and oxygen atoms in total. The standard InChI is InChI=1S/C31H23ClN2O4/c1-18-7-13-23(14-8-18)34-30(37)25-24-17-21(28(35)19-5-3-2-4-6-19)15-16-33(24)27(26(25)31(34)38)29(36)20-9-11-22(32)12-10-20/h2-17,24-27H,1H3/t24-,25-,26+,27-/m0/s1. The number of halogens is 1. The van der Waals surface area contributed by atoms with Gasteiger partial charge in [-0.25, -0.2) is 4.90 Å². The van der Waals surface area contributed by atoms with Crippen LogP contribution in [0.4, 0.5) is 5.69 Å². The van der Waals surface area contributed by atoms with Gasteiger partial charge >= 0.3 is 0 Å². The Hall–Kier alpha value is -4.29. The molecule has 6 rings (SSSR count). The number of aryl methyl sites for hydroxylation is 1. The number of ketones is 2. The van der Waals surface area contributed by atoms with Crippen LogP contribution < -0.4 is 4.90 Å². The molecule has 0 aromatic heterocycles. The predicted octanol–water partition coefficient (Wildman–Crippen LogP) is 5.03. The third-order valence-electron chi connectivity index (χ3n) is 7.54. The predicted molar refractivity (Wildman–Crippen MR) is 144 cm³/mol. The Morgan fingerprint density at radius 1 is 0.789 bits per heavy atom. The molecule has 4 atom stereocenters. The summed E-state index contributed by atoms with van der Waals surface area (Å²) in [5, 5.41) is 0.492. The minimum absolute atomic E-state index is 0.183. The Morgan fingerprint density at radius 3 is 2.13 bits per heavy atom. The number of amides is 2. The molecule has 0 saturated carbocycles. The summed E-state index contributed by atoms with van der Waals surface area (Å²) in [6.45, 7) is 1.93. The van der Waals surface area contributed by atoms with E-state index in [2.05, 4.69) is 0 Å². The molecule has 3 aliphatic heterocycles. The summed E-state index contributed by atoms with van der Waals surface area (Å²) in [5.74, 6) is -2.95. The molecular weight excluding hydrogens is 500 g/mol. The Bertz CT molecular complexity index is 1530. The summed E-state index contributed by atoms with van der Waals surface area (Å²) in [6.07, 6.45) is 5.06. The molecular formula is C31H23ClN2O4. The van der Waals surface area contributed by atoms with Crippen LogP contribution in [0.25, 0.3) is 0 Å². The lowest BCUT2D eigenvalue weighted by atomic mass is 9.85. The summed E-state index contributed by atoms with van der Waals surface area (Å²) < 4.78 is 0. The number of benzene rings is 3. The van der Waals surface area contributed by atoms with Crippen LogP contribution in [0, 0.1) is 18.8 Å². The normalized spacial score (nSPS) is 23.8. The highest BCUT2D eigenvalue weighted by atomic mass is 35.5. The number of carbonyl (C=O) groups excluding carboxylic acids is 4. The van der Waals surface area contributed by atoms with E-state index in [4.69, 9.17) is 11.6 Å². The van der Waals surface area contributed by atoms with Crippen molar-refractivity contribution in [3.63, 3.8) is 0 Å². The quantitative estimate of drug-likeness (QED) is 0.347. The smallest absolute Gasteiger partial charge is 0.240 e. The molecule has 38 heavy (non-hydrogen) atoms. The largest absolute Gasteiger partial charge is 0.359 e. The van der Waals surface area contributed by atoms with Crippen molar-refractivity contribution in [2.24, 2.45) is 11.8 Å². The fraction of sp³-hybridized carbons (Fsp3) is 0.161. The zero-order valence-corrected chi connectivity index (χ0v) is 21.2. The number of hydrogen-bond acceptors (Lipinski definition) is 5. The maximum atomic E-state index is 13.9. The summed E-state index contributed by atoms with van der Waals surface area (Å²) in [6, 6.07) is 21.0. The Labute approximate surface area is 224 Å². The summed E-state index contributed by atoms with van der Waals surface area (Å²) in [7, 11) is 0. The third kappa shape index (κ3) is 3.80. The Morgan fingerprint density at radius 2 is 1.45 bits per heavy atom. The molecule has 2 saturated heterocycles. The monoisotopic (exact) mass is 522 g/mol. The molecule has 3 aromatic carbocycles. The average molecular weight is 523 g/mol.